The standard InChI is InChI=1S/C20H23N3O4/c24-18(22-11-13-5-7-21-8-6-13)14-3-4-16-17(10-14)20(26)23(19(16)25)12-15-2-1-9-27-15/h3-5,10,15,21H,1-2,6-9,11-12H2,(H,22,24). The van der Waals surface area contributed by atoms with Gasteiger partial charge in [-0.3, -0.25) is 19.3 Å². The summed E-state index contributed by atoms with van der Waals surface area (Å²) in [4.78, 5) is 38.9. The van der Waals surface area contributed by atoms with E-state index in [0.717, 1.165) is 32.4 Å². The van der Waals surface area contributed by atoms with Gasteiger partial charge in [-0.25, -0.2) is 0 Å². The van der Waals surface area contributed by atoms with Crippen LogP contribution in [0.3, 0.4) is 0 Å². The number of ether oxygens (including phenoxy) is 1. The normalized spacial score (nSPS) is 22.0. The van der Waals surface area contributed by atoms with E-state index in [1.54, 1.807) is 12.1 Å². The maximum atomic E-state index is 12.7. The highest BCUT2D eigenvalue weighted by atomic mass is 16.5. The van der Waals surface area contributed by atoms with Crippen LogP contribution in [0.15, 0.2) is 29.8 Å². The zero-order valence-corrected chi connectivity index (χ0v) is 15.1. The second-order valence-corrected chi connectivity index (χ2v) is 7.12. The minimum absolute atomic E-state index is 0.0896. The number of imide groups is 1. The van der Waals surface area contributed by atoms with Crippen LogP contribution in [-0.2, 0) is 4.74 Å². The fourth-order valence-electron chi connectivity index (χ4n) is 3.72. The van der Waals surface area contributed by atoms with Crippen LogP contribution in [0.4, 0.5) is 0 Å². The van der Waals surface area contributed by atoms with E-state index in [0.29, 0.717) is 29.8 Å². The molecule has 27 heavy (non-hydrogen) atoms. The van der Waals surface area contributed by atoms with Crippen LogP contribution >= 0.6 is 0 Å². The molecule has 0 aromatic heterocycles. The molecule has 1 saturated heterocycles. The number of carbonyl (C=O) groups is 3. The Labute approximate surface area is 157 Å². The molecule has 3 heterocycles. The van der Waals surface area contributed by atoms with Gasteiger partial charge in [0.05, 0.1) is 23.8 Å². The first kappa shape index (κ1) is 17.9. The first-order chi connectivity index (χ1) is 13.1. The third-order valence-electron chi connectivity index (χ3n) is 5.28. The SMILES string of the molecule is O=C(NCC1=CCNCC1)c1ccc2c(c1)C(=O)N(CC1CCCO1)C2=O. The van der Waals surface area contributed by atoms with Gasteiger partial charge in [-0.15, -0.1) is 0 Å². The predicted molar refractivity (Wildman–Crippen MR) is 98.7 cm³/mol. The monoisotopic (exact) mass is 369 g/mol. The van der Waals surface area contributed by atoms with E-state index in [4.69, 9.17) is 4.74 Å². The molecule has 0 aliphatic carbocycles. The molecule has 2 N–H and O–H groups in total. The average molecular weight is 369 g/mol. The van der Waals surface area contributed by atoms with Gasteiger partial charge in [0.1, 0.15) is 0 Å². The molecule has 1 aromatic rings. The van der Waals surface area contributed by atoms with Crippen molar-refractivity contribution in [1.29, 1.82) is 0 Å². The van der Waals surface area contributed by atoms with Crippen molar-refractivity contribution in [2.24, 2.45) is 0 Å². The Hall–Kier alpha value is -2.51. The van der Waals surface area contributed by atoms with Gasteiger partial charge in [0.15, 0.2) is 0 Å². The topological polar surface area (TPSA) is 87.7 Å². The van der Waals surface area contributed by atoms with Gasteiger partial charge < -0.3 is 15.4 Å². The summed E-state index contributed by atoms with van der Waals surface area (Å²) in [5.41, 5.74) is 2.24. The number of carbonyl (C=O) groups excluding carboxylic acids is 3. The highest BCUT2D eigenvalue weighted by Gasteiger charge is 2.37. The molecular formula is C20H23N3O4. The summed E-state index contributed by atoms with van der Waals surface area (Å²) in [5.74, 6) is -0.895. The number of hydrogen-bond acceptors (Lipinski definition) is 5. The number of nitrogens with zero attached hydrogens (tertiary/aromatic N) is 1. The van der Waals surface area contributed by atoms with E-state index >= 15 is 0 Å². The molecule has 1 fully saturated rings. The number of benzene rings is 1. The number of hydrogen-bond donors (Lipinski definition) is 2. The molecule has 142 valence electrons. The number of rotatable bonds is 5. The molecule has 1 atom stereocenters. The summed E-state index contributed by atoms with van der Waals surface area (Å²) in [6.45, 7) is 3.18. The predicted octanol–water partition coefficient (Wildman–Crippen LogP) is 1.11. The molecule has 0 radical (unpaired) electrons. The van der Waals surface area contributed by atoms with Crippen molar-refractivity contribution in [2.45, 2.75) is 25.4 Å². The smallest absolute Gasteiger partial charge is 0.261 e. The Kier molecular flexibility index (Phi) is 5.05. The fourth-order valence-corrected chi connectivity index (χ4v) is 3.72. The van der Waals surface area contributed by atoms with Crippen molar-refractivity contribution in [1.82, 2.24) is 15.5 Å². The minimum atomic E-state index is -0.346. The molecule has 0 spiro atoms. The zero-order chi connectivity index (χ0) is 18.8. The molecule has 3 amide bonds. The zero-order valence-electron chi connectivity index (χ0n) is 15.1. The number of fused-ring (bicyclic) bond motifs is 1. The van der Waals surface area contributed by atoms with E-state index in [1.165, 1.54) is 16.5 Å². The van der Waals surface area contributed by atoms with Gasteiger partial charge in [-0.05, 0) is 44.0 Å². The maximum absolute atomic E-state index is 12.7. The molecule has 7 nitrogen and oxygen atoms in total. The highest BCUT2D eigenvalue weighted by molar-refractivity contribution is 6.22. The van der Waals surface area contributed by atoms with Crippen LogP contribution < -0.4 is 10.6 Å². The van der Waals surface area contributed by atoms with Gasteiger partial charge >= 0.3 is 0 Å². The molecule has 3 aliphatic heterocycles. The third-order valence-corrected chi connectivity index (χ3v) is 5.28. The first-order valence-corrected chi connectivity index (χ1v) is 9.42. The van der Waals surface area contributed by atoms with Gasteiger partial charge in [-0.1, -0.05) is 11.6 Å². The van der Waals surface area contributed by atoms with Gasteiger partial charge in [0, 0.05) is 25.3 Å². The number of amides is 3. The largest absolute Gasteiger partial charge is 0.376 e. The van der Waals surface area contributed by atoms with Crippen molar-refractivity contribution in [3.05, 3.63) is 46.5 Å². The van der Waals surface area contributed by atoms with Crippen molar-refractivity contribution < 1.29 is 19.1 Å². The molecule has 3 aliphatic rings. The summed E-state index contributed by atoms with van der Waals surface area (Å²) < 4.78 is 5.54. The average Bonchev–Trinajstić information content (AvgIpc) is 3.30. The third kappa shape index (κ3) is 3.65. The van der Waals surface area contributed by atoms with Crippen molar-refractivity contribution >= 4 is 17.7 Å². The lowest BCUT2D eigenvalue weighted by atomic mass is 10.0. The van der Waals surface area contributed by atoms with Crippen LogP contribution in [0.2, 0.25) is 0 Å². The maximum Gasteiger partial charge on any atom is 0.261 e. The Morgan fingerprint density at radius 3 is 2.85 bits per heavy atom. The van der Waals surface area contributed by atoms with E-state index in [9.17, 15) is 14.4 Å². The van der Waals surface area contributed by atoms with Gasteiger partial charge in [-0.2, -0.15) is 0 Å². The van der Waals surface area contributed by atoms with Crippen molar-refractivity contribution in [3.8, 4) is 0 Å². The van der Waals surface area contributed by atoms with Crippen LogP contribution in [-0.4, -0.2) is 61.5 Å². The second-order valence-electron chi connectivity index (χ2n) is 7.12. The quantitative estimate of drug-likeness (QED) is 0.600. The van der Waals surface area contributed by atoms with Crippen LogP contribution in [0.25, 0.3) is 0 Å². The highest BCUT2D eigenvalue weighted by Crippen LogP contribution is 2.26. The van der Waals surface area contributed by atoms with E-state index < -0.39 is 0 Å². The molecule has 4 rings (SSSR count). The van der Waals surface area contributed by atoms with Crippen LogP contribution in [0.1, 0.15) is 50.3 Å². The second kappa shape index (κ2) is 7.62. The fraction of sp³-hybridized carbons (Fsp3) is 0.450. The lowest BCUT2D eigenvalue weighted by molar-refractivity contribution is 0.0475. The van der Waals surface area contributed by atoms with Crippen LogP contribution in [0.5, 0.6) is 0 Å². The van der Waals surface area contributed by atoms with Gasteiger partial charge in [0.2, 0.25) is 0 Å². The molecule has 1 aromatic carbocycles. The van der Waals surface area contributed by atoms with E-state index in [-0.39, 0.29) is 30.4 Å². The summed E-state index contributed by atoms with van der Waals surface area (Å²) >= 11 is 0. The van der Waals surface area contributed by atoms with Gasteiger partial charge in [0.25, 0.3) is 17.7 Å². The minimum Gasteiger partial charge on any atom is -0.376 e. The lowest BCUT2D eigenvalue weighted by Gasteiger charge is -2.17. The Morgan fingerprint density at radius 1 is 1.26 bits per heavy atom. The summed E-state index contributed by atoms with van der Waals surface area (Å²) in [6, 6.07) is 4.70. The molecule has 7 heteroatoms. The van der Waals surface area contributed by atoms with E-state index in [2.05, 4.69) is 16.7 Å². The molecular weight excluding hydrogens is 346 g/mol. The molecule has 0 bridgehead atoms. The summed E-state index contributed by atoms with van der Waals surface area (Å²) in [6.07, 6.45) is 4.71. The summed E-state index contributed by atoms with van der Waals surface area (Å²) in [5, 5.41) is 6.12. The Balaban J connectivity index is 1.45. The first-order valence-electron chi connectivity index (χ1n) is 9.42. The van der Waals surface area contributed by atoms with Crippen LogP contribution in [0, 0.1) is 0 Å². The number of nitrogens with one attached hydrogen (secondary N) is 2. The lowest BCUT2D eigenvalue weighted by Crippen LogP contribution is -2.36. The van der Waals surface area contributed by atoms with E-state index in [1.807, 2.05) is 0 Å². The molecule has 0 saturated carbocycles. The summed E-state index contributed by atoms with van der Waals surface area (Å²) in [7, 11) is 0. The molecule has 1 unspecified atom stereocenters. The van der Waals surface area contributed by atoms with Crippen molar-refractivity contribution in [3.63, 3.8) is 0 Å². The Morgan fingerprint density at radius 2 is 2.11 bits per heavy atom. The van der Waals surface area contributed by atoms with Crippen molar-refractivity contribution in [2.75, 3.05) is 32.8 Å². The Bertz CT molecular complexity index is 811.